The summed E-state index contributed by atoms with van der Waals surface area (Å²) >= 11 is 0. The maximum atomic E-state index is 12.4. The number of amides is 1. The number of anilines is 1. The number of aryl methyl sites for hydroxylation is 1. The largest absolute Gasteiger partial charge is 0.492 e. The first-order chi connectivity index (χ1) is 12.1. The van der Waals surface area contributed by atoms with Crippen LogP contribution in [0.2, 0.25) is 0 Å². The Bertz CT molecular complexity index is 818. The molecule has 0 aliphatic carbocycles. The van der Waals surface area contributed by atoms with E-state index in [0.29, 0.717) is 29.4 Å². The minimum atomic E-state index is -0.477. The molecular formula is C20H20N2O3. The summed E-state index contributed by atoms with van der Waals surface area (Å²) in [6.45, 7) is 4.32. The van der Waals surface area contributed by atoms with Gasteiger partial charge in [-0.1, -0.05) is 29.8 Å². The molecule has 1 amide bonds. The van der Waals surface area contributed by atoms with E-state index in [2.05, 4.69) is 5.32 Å². The summed E-state index contributed by atoms with van der Waals surface area (Å²) in [6.07, 6.45) is 1.49. The Kier molecular flexibility index (Phi) is 6.19. The lowest BCUT2D eigenvalue weighted by Gasteiger charge is -2.12. The van der Waals surface area contributed by atoms with Gasteiger partial charge in [-0.05, 0) is 38.1 Å². The van der Waals surface area contributed by atoms with E-state index in [1.54, 1.807) is 30.3 Å². The minimum absolute atomic E-state index is 0.0208. The summed E-state index contributed by atoms with van der Waals surface area (Å²) < 4.78 is 10.9. The molecule has 0 saturated carbocycles. The van der Waals surface area contributed by atoms with Crippen LogP contribution in [0.15, 0.2) is 48.0 Å². The third kappa shape index (κ3) is 4.61. The maximum Gasteiger partial charge on any atom is 0.266 e. The summed E-state index contributed by atoms with van der Waals surface area (Å²) in [5.41, 5.74) is 2.30. The van der Waals surface area contributed by atoms with Gasteiger partial charge in [-0.3, -0.25) is 4.79 Å². The lowest BCUT2D eigenvalue weighted by atomic mass is 10.1. The molecule has 1 N–H and O–H groups in total. The van der Waals surface area contributed by atoms with Crippen molar-refractivity contribution in [2.75, 3.05) is 19.0 Å². The second-order valence-corrected chi connectivity index (χ2v) is 5.30. The van der Waals surface area contributed by atoms with Crippen molar-refractivity contribution < 1.29 is 14.3 Å². The normalized spacial score (nSPS) is 10.7. The molecule has 0 heterocycles. The molecule has 0 atom stereocenters. The molecule has 5 heteroatoms. The highest BCUT2D eigenvalue weighted by Gasteiger charge is 2.13. The zero-order chi connectivity index (χ0) is 18.2. The number of nitriles is 1. The van der Waals surface area contributed by atoms with Crippen molar-refractivity contribution in [2.45, 2.75) is 13.8 Å². The van der Waals surface area contributed by atoms with E-state index in [-0.39, 0.29) is 5.57 Å². The smallest absolute Gasteiger partial charge is 0.266 e. The van der Waals surface area contributed by atoms with Gasteiger partial charge in [0.15, 0.2) is 11.5 Å². The highest BCUT2D eigenvalue weighted by Crippen LogP contribution is 2.32. The van der Waals surface area contributed by atoms with Gasteiger partial charge in [0, 0.05) is 11.3 Å². The van der Waals surface area contributed by atoms with Crippen molar-refractivity contribution in [1.29, 1.82) is 5.26 Å². The van der Waals surface area contributed by atoms with E-state index in [9.17, 15) is 10.1 Å². The SMILES string of the molecule is CCOc1cccc(/C=C(\C#N)C(=O)Nc2ccc(C)cc2)c1OC. The average Bonchev–Trinajstić information content (AvgIpc) is 2.62. The van der Waals surface area contributed by atoms with Gasteiger partial charge in [-0.15, -0.1) is 0 Å². The molecule has 0 aliphatic rings. The fraction of sp³-hybridized carbons (Fsp3) is 0.200. The first kappa shape index (κ1) is 18.1. The lowest BCUT2D eigenvalue weighted by molar-refractivity contribution is -0.112. The number of hydrogen-bond acceptors (Lipinski definition) is 4. The molecule has 2 rings (SSSR count). The molecule has 0 spiro atoms. The fourth-order valence-corrected chi connectivity index (χ4v) is 2.27. The second kappa shape index (κ2) is 8.55. The van der Waals surface area contributed by atoms with Crippen LogP contribution in [0.3, 0.4) is 0 Å². The van der Waals surface area contributed by atoms with Gasteiger partial charge in [-0.2, -0.15) is 5.26 Å². The summed E-state index contributed by atoms with van der Waals surface area (Å²) in [5.74, 6) is 0.574. The van der Waals surface area contributed by atoms with E-state index in [1.165, 1.54) is 13.2 Å². The predicted molar refractivity (Wildman–Crippen MR) is 97.6 cm³/mol. The topological polar surface area (TPSA) is 71.3 Å². The molecule has 0 bridgehead atoms. The van der Waals surface area contributed by atoms with E-state index in [0.717, 1.165) is 5.56 Å². The van der Waals surface area contributed by atoms with Gasteiger partial charge in [0.25, 0.3) is 5.91 Å². The van der Waals surface area contributed by atoms with Crippen LogP contribution in [0.25, 0.3) is 6.08 Å². The molecule has 2 aromatic carbocycles. The Hall–Kier alpha value is -3.26. The molecule has 25 heavy (non-hydrogen) atoms. The van der Waals surface area contributed by atoms with E-state index < -0.39 is 5.91 Å². The molecular weight excluding hydrogens is 316 g/mol. The number of ether oxygens (including phenoxy) is 2. The van der Waals surface area contributed by atoms with Crippen LogP contribution in [0.1, 0.15) is 18.1 Å². The Morgan fingerprint density at radius 3 is 2.56 bits per heavy atom. The molecule has 0 unspecified atom stereocenters. The van der Waals surface area contributed by atoms with Crippen molar-refractivity contribution in [3.05, 3.63) is 59.2 Å². The number of nitrogens with one attached hydrogen (secondary N) is 1. The highest BCUT2D eigenvalue weighted by molar-refractivity contribution is 6.09. The number of carbonyl (C=O) groups excluding carboxylic acids is 1. The van der Waals surface area contributed by atoms with Gasteiger partial charge in [0.05, 0.1) is 13.7 Å². The van der Waals surface area contributed by atoms with Crippen LogP contribution in [0, 0.1) is 18.3 Å². The zero-order valence-electron chi connectivity index (χ0n) is 14.5. The number of nitrogens with zero attached hydrogens (tertiary/aromatic N) is 1. The third-order valence-electron chi connectivity index (χ3n) is 3.49. The first-order valence-corrected chi connectivity index (χ1v) is 7.88. The van der Waals surface area contributed by atoms with Crippen LogP contribution in [-0.2, 0) is 4.79 Å². The molecule has 0 aromatic heterocycles. The van der Waals surface area contributed by atoms with Crippen LogP contribution in [0.5, 0.6) is 11.5 Å². The zero-order valence-corrected chi connectivity index (χ0v) is 14.5. The maximum absolute atomic E-state index is 12.4. The van der Waals surface area contributed by atoms with Crippen molar-refractivity contribution in [1.82, 2.24) is 0 Å². The number of hydrogen-bond donors (Lipinski definition) is 1. The van der Waals surface area contributed by atoms with E-state index in [4.69, 9.17) is 9.47 Å². The number of carbonyl (C=O) groups is 1. The summed E-state index contributed by atoms with van der Waals surface area (Å²) in [4.78, 5) is 12.4. The monoisotopic (exact) mass is 336 g/mol. The van der Waals surface area contributed by atoms with Gasteiger partial charge in [-0.25, -0.2) is 0 Å². The molecule has 5 nitrogen and oxygen atoms in total. The molecule has 0 fully saturated rings. The van der Waals surface area contributed by atoms with Crippen LogP contribution in [0.4, 0.5) is 5.69 Å². The molecule has 128 valence electrons. The van der Waals surface area contributed by atoms with Gasteiger partial charge in [0.2, 0.25) is 0 Å². The molecule has 2 aromatic rings. The molecule has 0 saturated heterocycles. The number of methoxy groups -OCH3 is 1. The fourth-order valence-electron chi connectivity index (χ4n) is 2.27. The average molecular weight is 336 g/mol. The molecule has 0 aliphatic heterocycles. The van der Waals surface area contributed by atoms with E-state index >= 15 is 0 Å². The van der Waals surface area contributed by atoms with E-state index in [1.807, 2.05) is 32.0 Å². The van der Waals surface area contributed by atoms with Crippen LogP contribution in [-0.4, -0.2) is 19.6 Å². The standard InChI is InChI=1S/C20H20N2O3/c1-4-25-18-7-5-6-15(19(18)24-3)12-16(13-21)20(23)22-17-10-8-14(2)9-11-17/h5-12H,4H2,1-3H3,(H,22,23)/b16-12+. The third-order valence-corrected chi connectivity index (χ3v) is 3.49. The Morgan fingerprint density at radius 1 is 1.24 bits per heavy atom. The highest BCUT2D eigenvalue weighted by atomic mass is 16.5. The Labute approximate surface area is 147 Å². The predicted octanol–water partition coefficient (Wildman–Crippen LogP) is 3.95. The van der Waals surface area contributed by atoms with Gasteiger partial charge in [0.1, 0.15) is 11.6 Å². The number of benzene rings is 2. The number of rotatable bonds is 6. The Balaban J connectivity index is 2.30. The van der Waals surface area contributed by atoms with Crippen molar-refractivity contribution in [3.8, 4) is 17.6 Å². The minimum Gasteiger partial charge on any atom is -0.492 e. The Morgan fingerprint density at radius 2 is 1.96 bits per heavy atom. The summed E-state index contributed by atoms with van der Waals surface area (Å²) in [5, 5.41) is 12.1. The summed E-state index contributed by atoms with van der Waals surface area (Å²) in [7, 11) is 1.52. The van der Waals surface area contributed by atoms with Crippen LogP contribution < -0.4 is 14.8 Å². The van der Waals surface area contributed by atoms with Crippen molar-refractivity contribution in [2.24, 2.45) is 0 Å². The quantitative estimate of drug-likeness (QED) is 0.640. The number of para-hydroxylation sites is 1. The second-order valence-electron chi connectivity index (χ2n) is 5.30. The van der Waals surface area contributed by atoms with Crippen molar-refractivity contribution >= 4 is 17.7 Å². The van der Waals surface area contributed by atoms with Gasteiger partial charge < -0.3 is 14.8 Å². The van der Waals surface area contributed by atoms with Gasteiger partial charge >= 0.3 is 0 Å². The van der Waals surface area contributed by atoms with Crippen LogP contribution >= 0.6 is 0 Å². The molecule has 0 radical (unpaired) electrons. The van der Waals surface area contributed by atoms with Crippen molar-refractivity contribution in [3.63, 3.8) is 0 Å². The summed E-state index contributed by atoms with van der Waals surface area (Å²) in [6, 6.07) is 14.6. The lowest BCUT2D eigenvalue weighted by Crippen LogP contribution is -2.13. The first-order valence-electron chi connectivity index (χ1n) is 7.88.